The van der Waals surface area contributed by atoms with Crippen molar-refractivity contribution in [3.05, 3.63) is 6.42 Å². The predicted molar refractivity (Wildman–Crippen MR) is 50.3 cm³/mol. The molecule has 2 rings (SSSR count). The first-order valence-corrected chi connectivity index (χ1v) is 5.75. The van der Waals surface area contributed by atoms with E-state index in [9.17, 15) is 26.3 Å². The van der Waals surface area contributed by atoms with E-state index in [1.54, 1.807) is 6.42 Å². The van der Waals surface area contributed by atoms with Gasteiger partial charge >= 0.3 is 12.4 Å². The van der Waals surface area contributed by atoms with Gasteiger partial charge in [-0.3, -0.25) is 0 Å². The van der Waals surface area contributed by atoms with Gasteiger partial charge in [0.15, 0.2) is 0 Å². The Labute approximate surface area is 100 Å². The lowest BCUT2D eigenvalue weighted by Gasteiger charge is -2.36. The SMILES string of the molecule is OC(CC1[CH]C2CCC1C2)(C(F)(F)F)C(F)(F)F. The summed E-state index contributed by atoms with van der Waals surface area (Å²) < 4.78 is 75.1. The summed E-state index contributed by atoms with van der Waals surface area (Å²) in [6.45, 7) is 0. The van der Waals surface area contributed by atoms with Crippen molar-refractivity contribution in [2.24, 2.45) is 17.8 Å². The number of hydrogen-bond acceptors (Lipinski definition) is 1. The quantitative estimate of drug-likeness (QED) is 0.765. The maximum atomic E-state index is 12.5. The minimum atomic E-state index is -5.69. The maximum Gasteiger partial charge on any atom is 0.426 e. The molecule has 0 saturated heterocycles. The molecule has 3 unspecified atom stereocenters. The molecule has 0 aromatic heterocycles. The fourth-order valence-corrected chi connectivity index (χ4v) is 3.09. The van der Waals surface area contributed by atoms with Gasteiger partial charge in [0, 0.05) is 0 Å². The Morgan fingerprint density at radius 2 is 1.56 bits per heavy atom. The molecule has 2 aliphatic rings. The Bertz CT molecular complexity index is 306. The second-order valence-corrected chi connectivity index (χ2v) is 5.25. The van der Waals surface area contributed by atoms with Crippen LogP contribution in [0.25, 0.3) is 0 Å². The molecule has 0 aromatic carbocycles. The molecule has 2 aliphatic carbocycles. The largest absolute Gasteiger partial charge is 0.426 e. The van der Waals surface area contributed by atoms with Gasteiger partial charge in [-0.05, 0) is 49.9 Å². The van der Waals surface area contributed by atoms with Crippen LogP contribution in [0.3, 0.4) is 0 Å². The van der Waals surface area contributed by atoms with E-state index in [2.05, 4.69) is 0 Å². The first-order valence-electron chi connectivity index (χ1n) is 5.75. The summed E-state index contributed by atoms with van der Waals surface area (Å²) in [6.07, 6.45) is -9.01. The van der Waals surface area contributed by atoms with Crippen LogP contribution in [0.4, 0.5) is 26.3 Å². The summed E-state index contributed by atoms with van der Waals surface area (Å²) in [6, 6.07) is 0. The van der Waals surface area contributed by atoms with E-state index in [1.807, 2.05) is 0 Å². The fourth-order valence-electron chi connectivity index (χ4n) is 3.09. The number of alkyl halides is 6. The maximum absolute atomic E-state index is 12.5. The Morgan fingerprint density at radius 1 is 1.00 bits per heavy atom. The molecule has 2 bridgehead atoms. The van der Waals surface area contributed by atoms with Gasteiger partial charge < -0.3 is 5.11 Å². The van der Waals surface area contributed by atoms with E-state index < -0.39 is 30.3 Å². The van der Waals surface area contributed by atoms with Gasteiger partial charge in [-0.15, -0.1) is 0 Å². The molecule has 0 amide bonds. The van der Waals surface area contributed by atoms with Gasteiger partial charge in [-0.2, -0.15) is 26.3 Å². The fraction of sp³-hybridized carbons (Fsp3) is 0.909. The molecule has 1 radical (unpaired) electrons. The monoisotopic (exact) mass is 275 g/mol. The molecule has 105 valence electrons. The molecule has 1 nitrogen and oxygen atoms in total. The van der Waals surface area contributed by atoms with Crippen LogP contribution in [0.2, 0.25) is 0 Å². The van der Waals surface area contributed by atoms with Crippen LogP contribution >= 0.6 is 0 Å². The molecule has 0 aromatic rings. The summed E-state index contributed by atoms with van der Waals surface area (Å²) in [4.78, 5) is 0. The van der Waals surface area contributed by atoms with Crippen LogP contribution in [0, 0.1) is 24.2 Å². The standard InChI is InChI=1S/C11H13F6O/c12-10(13,14)9(18,11(15,16)17)5-8-4-6-1-2-7(8)3-6/h4,6-8,18H,1-3,5H2. The molecule has 18 heavy (non-hydrogen) atoms. The van der Waals surface area contributed by atoms with E-state index in [4.69, 9.17) is 5.11 Å². The van der Waals surface area contributed by atoms with E-state index in [1.165, 1.54) is 0 Å². The van der Waals surface area contributed by atoms with Crippen molar-refractivity contribution in [1.29, 1.82) is 0 Å². The van der Waals surface area contributed by atoms with Crippen LogP contribution in [-0.2, 0) is 0 Å². The number of hydrogen-bond donors (Lipinski definition) is 1. The van der Waals surface area contributed by atoms with Crippen molar-refractivity contribution in [3.8, 4) is 0 Å². The van der Waals surface area contributed by atoms with Crippen LogP contribution in [-0.4, -0.2) is 23.1 Å². The minimum Gasteiger partial charge on any atom is -0.374 e. The van der Waals surface area contributed by atoms with E-state index in [-0.39, 0.29) is 11.8 Å². The summed E-state index contributed by atoms with van der Waals surface area (Å²) in [5, 5.41) is 9.10. The van der Waals surface area contributed by atoms with Crippen molar-refractivity contribution in [2.75, 3.05) is 0 Å². The van der Waals surface area contributed by atoms with Crippen LogP contribution in [0.5, 0.6) is 0 Å². The van der Waals surface area contributed by atoms with E-state index >= 15 is 0 Å². The van der Waals surface area contributed by atoms with Gasteiger partial charge in [-0.25, -0.2) is 0 Å². The lowest BCUT2D eigenvalue weighted by atomic mass is 9.79. The van der Waals surface area contributed by atoms with Crippen LogP contribution < -0.4 is 0 Å². The van der Waals surface area contributed by atoms with Gasteiger partial charge in [0.1, 0.15) is 0 Å². The molecular weight excluding hydrogens is 262 g/mol. The smallest absolute Gasteiger partial charge is 0.374 e. The molecule has 7 heteroatoms. The highest BCUT2D eigenvalue weighted by Crippen LogP contribution is 2.54. The van der Waals surface area contributed by atoms with Crippen molar-refractivity contribution in [2.45, 2.75) is 43.6 Å². The number of aliphatic hydroxyl groups is 1. The highest BCUT2D eigenvalue weighted by Gasteiger charge is 2.71. The first kappa shape index (κ1) is 14.0. The highest BCUT2D eigenvalue weighted by atomic mass is 19.4. The van der Waals surface area contributed by atoms with E-state index in [0.29, 0.717) is 12.8 Å². The molecule has 0 aliphatic heterocycles. The molecule has 0 spiro atoms. The van der Waals surface area contributed by atoms with Crippen LogP contribution in [0.1, 0.15) is 25.7 Å². The van der Waals surface area contributed by atoms with Crippen molar-refractivity contribution in [3.63, 3.8) is 0 Å². The zero-order chi connectivity index (χ0) is 13.8. The Morgan fingerprint density at radius 3 is 1.89 bits per heavy atom. The molecular formula is C11H13F6O. The third kappa shape index (κ3) is 2.10. The van der Waals surface area contributed by atoms with E-state index in [0.717, 1.165) is 6.42 Å². The summed E-state index contributed by atoms with van der Waals surface area (Å²) in [5.41, 5.74) is -4.59. The molecule has 2 saturated carbocycles. The highest BCUT2D eigenvalue weighted by molar-refractivity contribution is 5.06. The second-order valence-electron chi connectivity index (χ2n) is 5.25. The van der Waals surface area contributed by atoms with Crippen molar-refractivity contribution >= 4 is 0 Å². The van der Waals surface area contributed by atoms with Gasteiger partial charge in [0.25, 0.3) is 5.60 Å². The predicted octanol–water partition coefficient (Wildman–Crippen LogP) is 3.48. The van der Waals surface area contributed by atoms with Gasteiger partial charge in [-0.1, -0.05) is 0 Å². The minimum absolute atomic E-state index is 0.116. The molecule has 0 heterocycles. The average Bonchev–Trinajstić information content (AvgIpc) is 2.75. The number of halogens is 6. The van der Waals surface area contributed by atoms with Gasteiger partial charge in [0.2, 0.25) is 0 Å². The topological polar surface area (TPSA) is 20.2 Å². The third-order valence-electron chi connectivity index (χ3n) is 4.11. The lowest BCUT2D eigenvalue weighted by molar-refractivity contribution is -0.372. The number of fused-ring (bicyclic) bond motifs is 2. The first-order chi connectivity index (χ1) is 8.04. The van der Waals surface area contributed by atoms with Gasteiger partial charge in [0.05, 0.1) is 0 Å². The van der Waals surface area contributed by atoms with Crippen molar-refractivity contribution in [1.82, 2.24) is 0 Å². The summed E-state index contributed by atoms with van der Waals surface area (Å²) in [7, 11) is 0. The Kier molecular flexibility index (Phi) is 3.11. The molecule has 2 fully saturated rings. The zero-order valence-electron chi connectivity index (χ0n) is 9.35. The second kappa shape index (κ2) is 4.02. The Balaban J connectivity index is 2.17. The normalized spacial score (nSPS) is 33.2. The van der Waals surface area contributed by atoms with Crippen molar-refractivity contribution < 1.29 is 31.4 Å². The third-order valence-corrected chi connectivity index (χ3v) is 4.11. The lowest BCUT2D eigenvalue weighted by Crippen LogP contribution is -2.58. The molecule has 1 N–H and O–H groups in total. The Hall–Kier alpha value is -0.460. The number of rotatable bonds is 2. The molecule has 3 atom stereocenters. The average molecular weight is 275 g/mol. The summed E-state index contributed by atoms with van der Waals surface area (Å²) in [5.74, 6) is -0.825. The zero-order valence-corrected chi connectivity index (χ0v) is 9.35. The summed E-state index contributed by atoms with van der Waals surface area (Å²) >= 11 is 0. The van der Waals surface area contributed by atoms with Crippen LogP contribution in [0.15, 0.2) is 0 Å².